The Labute approximate surface area is 502 Å². The molecule has 3 heterocycles. The Morgan fingerprint density at radius 1 is 0.456 bits per heavy atom. The maximum atomic E-state index is 10.5. The van der Waals surface area contributed by atoms with E-state index in [4.69, 9.17) is 19.8 Å². The van der Waals surface area contributed by atoms with Gasteiger partial charge in [0.1, 0.15) is 17.3 Å². The second-order valence-electron chi connectivity index (χ2n) is 17.8. The van der Waals surface area contributed by atoms with Crippen molar-refractivity contribution in [1.29, 1.82) is 0 Å². The highest BCUT2D eigenvalue weighted by Gasteiger charge is 2.22. The average Bonchev–Trinajstić information content (AvgIpc) is 1.30. The van der Waals surface area contributed by atoms with Crippen LogP contribution in [0, 0.1) is 13.3 Å². The number of hydrogen-bond acceptors (Lipinski definition) is 2. The van der Waals surface area contributed by atoms with Crippen molar-refractivity contribution in [2.75, 3.05) is 0 Å². The largest absolute Gasteiger partial charge is 0.458 e. The van der Waals surface area contributed by atoms with Gasteiger partial charge in [0.15, 0.2) is 0 Å². The van der Waals surface area contributed by atoms with Gasteiger partial charge < -0.3 is 13.9 Å². The van der Waals surface area contributed by atoms with E-state index in [0.29, 0.717) is 16.1 Å². The van der Waals surface area contributed by atoms with Crippen LogP contribution in [0.4, 0.5) is 0 Å². The van der Waals surface area contributed by atoms with Gasteiger partial charge >= 0.3 is 0 Å². The number of rotatable bonds is 11. The number of benzene rings is 11. The molecule has 0 radical (unpaired) electrons. The second-order valence-corrected chi connectivity index (χ2v) is 17.8. The van der Waals surface area contributed by atoms with Crippen molar-refractivity contribution in [2.24, 2.45) is 6.98 Å². The molecule has 14 aromatic rings. The molecule has 0 atom stereocenters. The molecule has 0 unspecified atom stereocenters. The lowest BCUT2D eigenvalue weighted by Gasteiger charge is -2.21. The Bertz CT molecular complexity index is 6180. The maximum absolute atomic E-state index is 10.5. The van der Waals surface area contributed by atoms with E-state index in [1.807, 2.05) is 53.1 Å². The van der Waals surface area contributed by atoms with E-state index in [9.17, 15) is 26.0 Å². The highest BCUT2D eigenvalue weighted by Crippen LogP contribution is 2.46. The fraction of sp³-hybridized carbons (Fsp3) is 0.0270. The van der Waals surface area contributed by atoms with Gasteiger partial charge in [0, 0.05) is 23.0 Å². The predicted octanol–water partition coefficient (Wildman–Crippen LogP) is 18.5. The molecule has 11 aromatic carbocycles. The summed E-state index contributed by atoms with van der Waals surface area (Å²) in [6.07, 6.45) is 4.56. The van der Waals surface area contributed by atoms with E-state index in [1.165, 1.54) is 35.8 Å². The van der Waals surface area contributed by atoms with Crippen molar-refractivity contribution < 1.29 is 50.4 Å². The van der Waals surface area contributed by atoms with Crippen LogP contribution in [0.1, 0.15) is 46.7 Å². The highest BCUT2D eigenvalue weighted by molar-refractivity contribution is 6.09. The lowest BCUT2D eigenvalue weighted by Crippen LogP contribution is -2.26. The molecule has 0 amide bonds. The molecule has 79 heavy (non-hydrogen) atoms. The molecule has 0 saturated heterocycles. The summed E-state index contributed by atoms with van der Waals surface area (Å²) in [6, 6.07) is 2.25. The molecule has 0 saturated carbocycles. The number of hydrogen-bond donors (Lipinski definition) is 0. The van der Waals surface area contributed by atoms with Gasteiger partial charge in [-0.15, -0.1) is 0 Å². The van der Waals surface area contributed by atoms with Gasteiger partial charge in [-0.3, -0.25) is 4.57 Å². The molecule has 0 bridgehead atoms. The second kappa shape index (κ2) is 20.0. The number of para-hydroxylation sites is 2. The van der Waals surface area contributed by atoms with Gasteiger partial charge in [0.25, 0.3) is 0 Å². The lowest BCUT2D eigenvalue weighted by atomic mass is 9.84. The lowest BCUT2D eigenvalue weighted by molar-refractivity contribution is -0.649. The Hall–Kier alpha value is -10.4. The highest BCUT2D eigenvalue weighted by atomic mass is 16.5. The third-order valence-corrected chi connectivity index (χ3v) is 13.0. The summed E-state index contributed by atoms with van der Waals surface area (Å²) < 4.78 is 292. The SMILES string of the molecule is [2H]c1cc(-c2c([2H])c(-c3c([2H])c([2H])c(C)c([2H])c3[2H])c([2H])c(-c3c([2H])c([2H])c([2H])c(-c4c([2H])c(-c5c([2H])c([2H])c([2H])c([2H])c5[2H])c([2H])c(-c5c([2H])c([2H])c([2H])c([2H])c5[2H])c4[2H])c3-c3cccc4c3[n+](C([2H])([2H])[2H])[c-]n4-c3cccc(Oc4ccc5c6ccccc6n(-c6ccccn6)c5c4)c3)c2[2H])c([2H])c([2H])c1[2H]. The number of pyridine rings is 1. The molecule has 0 N–H and O–H groups in total. The normalized spacial score (nSPS) is 16.9. The fourth-order valence-electron chi connectivity index (χ4n) is 9.53. The van der Waals surface area contributed by atoms with Crippen molar-refractivity contribution in [2.45, 2.75) is 6.92 Å². The molecule has 0 aliphatic heterocycles. The van der Waals surface area contributed by atoms with Crippen molar-refractivity contribution >= 4 is 32.8 Å². The van der Waals surface area contributed by atoms with E-state index in [1.54, 1.807) is 36.5 Å². The first-order valence-corrected chi connectivity index (χ1v) is 24.4. The molecule has 0 aliphatic carbocycles. The summed E-state index contributed by atoms with van der Waals surface area (Å²) in [5, 5.41) is 1.80. The topological polar surface area (TPSA) is 35.9 Å². The number of imidazole rings is 1. The molecule has 14 rings (SSSR count). The average molecular weight is 1040 g/mol. The number of fused-ring (bicyclic) bond motifs is 4. The minimum Gasteiger partial charge on any atom is -0.458 e. The van der Waals surface area contributed by atoms with Crippen LogP contribution in [0.3, 0.4) is 0 Å². The van der Waals surface area contributed by atoms with Crippen molar-refractivity contribution in [3.63, 3.8) is 0 Å². The van der Waals surface area contributed by atoms with Crippen molar-refractivity contribution in [3.8, 4) is 101 Å². The van der Waals surface area contributed by atoms with Crippen LogP contribution in [0.15, 0.2) is 279 Å². The van der Waals surface area contributed by atoms with Crippen LogP contribution >= 0.6 is 0 Å². The van der Waals surface area contributed by atoms with Crippen LogP contribution in [-0.2, 0) is 6.98 Å². The van der Waals surface area contributed by atoms with Crippen molar-refractivity contribution in [1.82, 2.24) is 14.1 Å². The molecular formula is C74H52N4O. The summed E-state index contributed by atoms with van der Waals surface area (Å²) in [4.78, 5) is 4.63. The molecule has 3 aromatic heterocycles. The third kappa shape index (κ3) is 8.83. The number of aryl methyl sites for hydroxylation is 1. The Balaban J connectivity index is 1.16. The molecule has 374 valence electrons. The molecule has 0 spiro atoms. The molecule has 0 fully saturated rings. The number of nitrogens with zero attached hydrogens (tertiary/aromatic N) is 4. The van der Waals surface area contributed by atoms with E-state index < -0.39 is 254 Å². The number of ether oxygens (including phenoxy) is 1. The van der Waals surface area contributed by atoms with Gasteiger partial charge in [0.05, 0.1) is 75.9 Å². The standard InChI is InChI=1S/C74H52N4O/c1-50-34-36-54(37-35-50)58-42-57(53-23-10-5-11-24-53)45-60(46-58)65-29-17-28-64(59-43-55(51-19-6-3-7-20-51)41-56(44-59)52-21-8-4-9-22-52)73(65)68-30-18-32-70-74(68)76(2)49-77(70)61-25-16-26-62(47-61)79-63-38-39-67-66-27-12-13-31-69(66)78(71(67)48-63)72-33-14-15-40-75-72/h3-48H,1-2H3/i2D3,3D,4D,5D,6D,7D,8D,9D,10D,11D,17D,19D,20D,21D,22D,23D,28D,29D,34D,35D,36D,37D,41D,42D,43D,44D,45D,46D. The Morgan fingerprint density at radius 2 is 1.05 bits per heavy atom. The summed E-state index contributed by atoms with van der Waals surface area (Å²) >= 11 is 0. The van der Waals surface area contributed by atoms with Crippen LogP contribution < -0.4 is 9.30 Å². The molecule has 5 heteroatoms. The number of aromatic nitrogens is 4. The zero-order valence-corrected chi connectivity index (χ0v) is 41.2. The third-order valence-electron chi connectivity index (χ3n) is 13.0. The first-order valence-electron chi connectivity index (χ1n) is 39.4. The van der Waals surface area contributed by atoms with Gasteiger partial charge in [-0.05, 0) is 164 Å². The first-order chi connectivity index (χ1) is 51.5. The molecule has 5 nitrogen and oxygen atoms in total. The summed E-state index contributed by atoms with van der Waals surface area (Å²) in [5.41, 5.74) is -11.6. The van der Waals surface area contributed by atoms with Crippen LogP contribution in [-0.4, -0.2) is 14.1 Å². The fourth-order valence-corrected chi connectivity index (χ4v) is 9.53. The van der Waals surface area contributed by atoms with Crippen molar-refractivity contribution in [3.05, 3.63) is 290 Å². The van der Waals surface area contributed by atoms with E-state index >= 15 is 0 Å². The van der Waals surface area contributed by atoms with E-state index in [-0.39, 0.29) is 22.5 Å². The Kier molecular flexibility index (Phi) is 6.37. The zero-order valence-electron chi connectivity index (χ0n) is 71.2. The monoisotopic (exact) mass is 1040 g/mol. The molecular weight excluding hydrogens is 961 g/mol. The predicted molar refractivity (Wildman–Crippen MR) is 325 cm³/mol. The maximum Gasteiger partial charge on any atom is 0.244 e. The van der Waals surface area contributed by atoms with E-state index in [0.717, 1.165) is 27.9 Å². The van der Waals surface area contributed by atoms with E-state index in [2.05, 4.69) is 11.3 Å². The van der Waals surface area contributed by atoms with Crippen LogP contribution in [0.5, 0.6) is 11.5 Å². The first kappa shape index (κ1) is 25.2. The van der Waals surface area contributed by atoms with Gasteiger partial charge in [-0.1, -0.05) is 193 Å². The van der Waals surface area contributed by atoms with Gasteiger partial charge in [0.2, 0.25) is 6.33 Å². The van der Waals surface area contributed by atoms with Gasteiger partial charge in [-0.2, -0.15) is 0 Å². The van der Waals surface area contributed by atoms with Gasteiger partial charge in [-0.25, -0.2) is 4.98 Å². The minimum atomic E-state index is -3.37. The Morgan fingerprint density at radius 3 is 1.75 bits per heavy atom. The zero-order chi connectivity index (χ0) is 78.8. The smallest absolute Gasteiger partial charge is 0.244 e. The summed E-state index contributed by atoms with van der Waals surface area (Å²) in [6.45, 7) is -2.12. The summed E-state index contributed by atoms with van der Waals surface area (Å²) in [5.74, 6) is 1.14. The quantitative estimate of drug-likeness (QED) is 0.0956. The molecule has 0 aliphatic rings. The van der Waals surface area contributed by atoms with Crippen LogP contribution in [0.25, 0.3) is 122 Å². The van der Waals surface area contributed by atoms with Crippen LogP contribution in [0.2, 0.25) is 0 Å². The minimum absolute atomic E-state index is 0.126. The summed E-state index contributed by atoms with van der Waals surface area (Å²) in [7, 11) is 0.